The highest BCUT2D eigenvalue weighted by Crippen LogP contribution is 2.19. The molecule has 0 aliphatic carbocycles. The van der Waals surface area contributed by atoms with E-state index >= 15 is 0 Å². The van der Waals surface area contributed by atoms with E-state index < -0.39 is 0 Å². The number of amides is 2. The lowest BCUT2D eigenvalue weighted by molar-refractivity contribution is -0.128. The van der Waals surface area contributed by atoms with Crippen molar-refractivity contribution in [2.45, 2.75) is 52.6 Å². The highest BCUT2D eigenvalue weighted by Gasteiger charge is 2.29. The Hall–Kier alpha value is -1.10. The van der Waals surface area contributed by atoms with Crippen LogP contribution in [0.3, 0.4) is 0 Å². The van der Waals surface area contributed by atoms with Gasteiger partial charge in [-0.05, 0) is 45.7 Å². The predicted octanol–water partition coefficient (Wildman–Crippen LogP) is 0.733. The Kier molecular flexibility index (Phi) is 5.79. The minimum absolute atomic E-state index is 0.0672. The molecule has 0 aromatic heterocycles. The number of hydrogen-bond donors (Lipinski definition) is 2. The summed E-state index contributed by atoms with van der Waals surface area (Å²) in [6, 6.07) is -0.0336. The fourth-order valence-corrected chi connectivity index (χ4v) is 2.24. The summed E-state index contributed by atoms with van der Waals surface area (Å²) >= 11 is 0. The van der Waals surface area contributed by atoms with E-state index in [-0.39, 0.29) is 29.8 Å². The normalized spacial score (nSPS) is 21.1. The molecule has 0 aromatic carbocycles. The second-order valence-corrected chi connectivity index (χ2v) is 5.93. The van der Waals surface area contributed by atoms with Gasteiger partial charge in [0.25, 0.3) is 0 Å². The molecule has 0 unspecified atom stereocenters. The van der Waals surface area contributed by atoms with Crippen LogP contribution in [0.1, 0.15) is 40.5 Å². The minimum atomic E-state index is -0.295. The first kappa shape index (κ1) is 16.0. The van der Waals surface area contributed by atoms with Gasteiger partial charge >= 0.3 is 0 Å². The lowest BCUT2D eigenvalue weighted by Crippen LogP contribution is -2.49. The van der Waals surface area contributed by atoms with Crippen LogP contribution in [-0.2, 0) is 9.59 Å². The van der Waals surface area contributed by atoms with Gasteiger partial charge in [-0.3, -0.25) is 14.5 Å². The van der Waals surface area contributed by atoms with Crippen molar-refractivity contribution in [2.75, 3.05) is 13.1 Å². The van der Waals surface area contributed by atoms with E-state index in [0.29, 0.717) is 5.92 Å². The number of nitrogens with zero attached hydrogens (tertiary/aromatic N) is 1. The molecule has 5 nitrogen and oxygen atoms in total. The van der Waals surface area contributed by atoms with E-state index in [1.807, 2.05) is 13.8 Å². The average molecular weight is 269 g/mol. The van der Waals surface area contributed by atoms with Gasteiger partial charge in [-0.2, -0.15) is 0 Å². The highest BCUT2D eigenvalue weighted by molar-refractivity contribution is 5.80. The van der Waals surface area contributed by atoms with Gasteiger partial charge in [0.05, 0.1) is 6.04 Å². The Morgan fingerprint density at radius 2 is 1.68 bits per heavy atom. The largest absolute Gasteiger partial charge is 0.368 e. The summed E-state index contributed by atoms with van der Waals surface area (Å²) in [6.45, 7) is 9.58. The second kappa shape index (κ2) is 6.89. The maximum atomic E-state index is 12.1. The molecule has 1 aliphatic rings. The Labute approximate surface area is 115 Å². The molecule has 0 spiro atoms. The van der Waals surface area contributed by atoms with E-state index in [1.165, 1.54) is 0 Å². The van der Waals surface area contributed by atoms with Gasteiger partial charge in [0, 0.05) is 12.0 Å². The van der Waals surface area contributed by atoms with Gasteiger partial charge < -0.3 is 11.1 Å². The Morgan fingerprint density at radius 1 is 1.16 bits per heavy atom. The topological polar surface area (TPSA) is 75.4 Å². The quantitative estimate of drug-likeness (QED) is 0.772. The number of primary amides is 1. The standard InChI is InChI=1S/C14H27N3O2/c1-9(2)10(3)16-14(19)12-5-7-17(8-6-12)11(4)13(15)18/h9-12H,5-8H2,1-4H3,(H2,15,18)(H,16,19)/t10-,11+/m1/s1. The monoisotopic (exact) mass is 269 g/mol. The van der Waals surface area contributed by atoms with Crippen LogP contribution >= 0.6 is 0 Å². The van der Waals surface area contributed by atoms with Crippen LogP contribution in [0.5, 0.6) is 0 Å². The molecule has 1 rings (SSSR count). The first-order chi connectivity index (χ1) is 8.82. The van der Waals surface area contributed by atoms with Crippen molar-refractivity contribution in [3.63, 3.8) is 0 Å². The zero-order valence-corrected chi connectivity index (χ0v) is 12.5. The first-order valence-electron chi connectivity index (χ1n) is 7.16. The van der Waals surface area contributed by atoms with Crippen molar-refractivity contribution in [1.29, 1.82) is 0 Å². The summed E-state index contributed by atoms with van der Waals surface area (Å²) in [4.78, 5) is 25.3. The number of rotatable bonds is 5. The molecule has 0 aromatic rings. The fourth-order valence-electron chi connectivity index (χ4n) is 2.24. The molecule has 5 heteroatoms. The third-order valence-corrected chi connectivity index (χ3v) is 4.23. The molecule has 1 heterocycles. The van der Waals surface area contributed by atoms with Gasteiger partial charge in [0.2, 0.25) is 11.8 Å². The zero-order valence-electron chi connectivity index (χ0n) is 12.5. The van der Waals surface area contributed by atoms with Gasteiger partial charge in [-0.1, -0.05) is 13.8 Å². The van der Waals surface area contributed by atoms with E-state index in [2.05, 4.69) is 24.1 Å². The van der Waals surface area contributed by atoms with Crippen LogP contribution in [0, 0.1) is 11.8 Å². The van der Waals surface area contributed by atoms with Crippen LogP contribution in [0.2, 0.25) is 0 Å². The molecule has 1 fully saturated rings. The molecule has 110 valence electrons. The Morgan fingerprint density at radius 3 is 2.11 bits per heavy atom. The molecule has 3 N–H and O–H groups in total. The Bertz CT molecular complexity index is 323. The highest BCUT2D eigenvalue weighted by atomic mass is 16.2. The van der Waals surface area contributed by atoms with Crippen molar-refractivity contribution < 1.29 is 9.59 Å². The van der Waals surface area contributed by atoms with Gasteiger partial charge in [0.15, 0.2) is 0 Å². The number of nitrogens with two attached hydrogens (primary N) is 1. The molecule has 0 saturated carbocycles. The van der Waals surface area contributed by atoms with Crippen LogP contribution in [0.15, 0.2) is 0 Å². The van der Waals surface area contributed by atoms with Crippen LogP contribution in [0.25, 0.3) is 0 Å². The van der Waals surface area contributed by atoms with E-state index in [1.54, 1.807) is 0 Å². The lowest BCUT2D eigenvalue weighted by Gasteiger charge is -2.34. The van der Waals surface area contributed by atoms with Crippen LogP contribution in [0.4, 0.5) is 0 Å². The summed E-state index contributed by atoms with van der Waals surface area (Å²) < 4.78 is 0. The van der Waals surface area contributed by atoms with Crippen molar-refractivity contribution in [3.05, 3.63) is 0 Å². The van der Waals surface area contributed by atoms with Crippen molar-refractivity contribution >= 4 is 11.8 Å². The van der Waals surface area contributed by atoms with Crippen molar-refractivity contribution in [2.24, 2.45) is 17.6 Å². The van der Waals surface area contributed by atoms with Gasteiger partial charge in [0.1, 0.15) is 0 Å². The van der Waals surface area contributed by atoms with E-state index in [0.717, 1.165) is 25.9 Å². The summed E-state index contributed by atoms with van der Waals surface area (Å²) in [5.41, 5.74) is 5.30. The average Bonchev–Trinajstić information content (AvgIpc) is 2.37. The van der Waals surface area contributed by atoms with E-state index in [4.69, 9.17) is 5.73 Å². The molecule has 19 heavy (non-hydrogen) atoms. The maximum Gasteiger partial charge on any atom is 0.234 e. The number of carbonyl (C=O) groups excluding carboxylic acids is 2. The molecule has 2 amide bonds. The molecule has 2 atom stereocenters. The Balaban J connectivity index is 2.41. The van der Waals surface area contributed by atoms with Crippen LogP contribution in [-0.4, -0.2) is 41.9 Å². The van der Waals surface area contributed by atoms with Crippen LogP contribution < -0.4 is 11.1 Å². The predicted molar refractivity (Wildman–Crippen MR) is 75.4 cm³/mol. The summed E-state index contributed by atoms with van der Waals surface area (Å²) in [6.07, 6.45) is 1.60. The summed E-state index contributed by atoms with van der Waals surface area (Å²) in [5.74, 6) is 0.361. The lowest BCUT2D eigenvalue weighted by atomic mass is 9.94. The number of hydrogen-bond acceptors (Lipinski definition) is 3. The first-order valence-corrected chi connectivity index (χ1v) is 7.16. The number of piperidine rings is 1. The molecular weight excluding hydrogens is 242 g/mol. The fraction of sp³-hybridized carbons (Fsp3) is 0.857. The third kappa shape index (κ3) is 4.49. The molecule has 1 saturated heterocycles. The molecular formula is C14H27N3O2. The van der Waals surface area contributed by atoms with Gasteiger partial charge in [-0.15, -0.1) is 0 Å². The smallest absolute Gasteiger partial charge is 0.234 e. The number of likely N-dealkylation sites (tertiary alicyclic amines) is 1. The zero-order chi connectivity index (χ0) is 14.6. The summed E-state index contributed by atoms with van der Waals surface area (Å²) in [7, 11) is 0. The van der Waals surface area contributed by atoms with Gasteiger partial charge in [-0.25, -0.2) is 0 Å². The third-order valence-electron chi connectivity index (χ3n) is 4.23. The minimum Gasteiger partial charge on any atom is -0.368 e. The van der Waals surface area contributed by atoms with Crippen molar-refractivity contribution in [1.82, 2.24) is 10.2 Å². The molecule has 0 bridgehead atoms. The molecule has 1 aliphatic heterocycles. The summed E-state index contributed by atoms with van der Waals surface area (Å²) in [5, 5.41) is 3.07. The SMILES string of the molecule is CC(C)[C@@H](C)NC(=O)C1CCN([C@@H](C)C(N)=O)CC1. The maximum absolute atomic E-state index is 12.1. The van der Waals surface area contributed by atoms with Crippen molar-refractivity contribution in [3.8, 4) is 0 Å². The molecule has 0 radical (unpaired) electrons. The second-order valence-electron chi connectivity index (χ2n) is 5.93. The number of nitrogens with one attached hydrogen (secondary N) is 1. The number of carbonyl (C=O) groups is 2. The van der Waals surface area contributed by atoms with E-state index in [9.17, 15) is 9.59 Å².